The second-order valence-corrected chi connectivity index (χ2v) is 5.82. The number of thiophene rings is 1. The standard InChI is InChI=1S/C13H18N2O3S/c1-14(9-11-3-2-8-19-11)13(18)15(10-4-5-10)7-6-12(16)17/h2-3,8,10H,4-7,9H2,1H3,(H,16,17). The molecule has 0 saturated heterocycles. The first-order chi connectivity index (χ1) is 9.08. The fourth-order valence-corrected chi connectivity index (χ4v) is 2.72. The highest BCUT2D eigenvalue weighted by Gasteiger charge is 2.34. The number of amides is 2. The van der Waals surface area contributed by atoms with Crippen molar-refractivity contribution in [2.45, 2.75) is 31.8 Å². The zero-order valence-electron chi connectivity index (χ0n) is 10.9. The van der Waals surface area contributed by atoms with E-state index in [0.29, 0.717) is 13.1 Å². The molecule has 1 aromatic rings. The first kappa shape index (κ1) is 13.9. The van der Waals surface area contributed by atoms with Crippen molar-refractivity contribution in [3.05, 3.63) is 22.4 Å². The third-order valence-electron chi connectivity index (χ3n) is 3.10. The Morgan fingerprint density at radius 3 is 2.74 bits per heavy atom. The van der Waals surface area contributed by atoms with Gasteiger partial charge in [0.05, 0.1) is 13.0 Å². The Hall–Kier alpha value is -1.56. The number of hydrogen-bond donors (Lipinski definition) is 1. The number of aliphatic carboxylic acids is 1. The van der Waals surface area contributed by atoms with E-state index in [2.05, 4.69) is 0 Å². The predicted molar refractivity (Wildman–Crippen MR) is 73.2 cm³/mol. The first-order valence-electron chi connectivity index (χ1n) is 6.34. The zero-order chi connectivity index (χ0) is 13.8. The van der Waals surface area contributed by atoms with Crippen molar-refractivity contribution >= 4 is 23.3 Å². The lowest BCUT2D eigenvalue weighted by Gasteiger charge is -2.27. The Bertz CT molecular complexity index is 443. The van der Waals surface area contributed by atoms with Crippen LogP contribution in [0.1, 0.15) is 24.1 Å². The molecular weight excluding hydrogens is 264 g/mol. The summed E-state index contributed by atoms with van der Waals surface area (Å²) in [6, 6.07) is 4.11. The van der Waals surface area contributed by atoms with Gasteiger partial charge >= 0.3 is 12.0 Å². The number of rotatable bonds is 6. The number of hydrogen-bond acceptors (Lipinski definition) is 3. The molecule has 1 aliphatic carbocycles. The highest BCUT2D eigenvalue weighted by atomic mass is 32.1. The van der Waals surface area contributed by atoms with Gasteiger partial charge in [-0.15, -0.1) is 11.3 Å². The predicted octanol–water partition coefficient (Wildman–Crippen LogP) is 2.24. The van der Waals surface area contributed by atoms with Crippen LogP contribution in [0.15, 0.2) is 17.5 Å². The van der Waals surface area contributed by atoms with Crippen LogP contribution in [-0.2, 0) is 11.3 Å². The summed E-state index contributed by atoms with van der Waals surface area (Å²) in [4.78, 5) is 27.5. The topological polar surface area (TPSA) is 60.9 Å². The molecule has 19 heavy (non-hydrogen) atoms. The fraction of sp³-hybridized carbons (Fsp3) is 0.538. The van der Waals surface area contributed by atoms with Crippen molar-refractivity contribution < 1.29 is 14.7 Å². The number of carbonyl (C=O) groups excluding carboxylic acids is 1. The van der Waals surface area contributed by atoms with Crippen molar-refractivity contribution in [1.82, 2.24) is 9.80 Å². The fourth-order valence-electron chi connectivity index (χ4n) is 1.96. The van der Waals surface area contributed by atoms with Crippen LogP contribution in [0.4, 0.5) is 4.79 Å². The zero-order valence-corrected chi connectivity index (χ0v) is 11.7. The summed E-state index contributed by atoms with van der Waals surface area (Å²) in [5, 5.41) is 10.7. The molecule has 0 atom stereocenters. The van der Waals surface area contributed by atoms with Crippen LogP contribution in [0.3, 0.4) is 0 Å². The van der Waals surface area contributed by atoms with Gasteiger partial charge in [0.2, 0.25) is 0 Å². The van der Waals surface area contributed by atoms with Gasteiger partial charge in [-0.2, -0.15) is 0 Å². The molecule has 0 radical (unpaired) electrons. The van der Waals surface area contributed by atoms with Gasteiger partial charge < -0.3 is 14.9 Å². The smallest absolute Gasteiger partial charge is 0.320 e. The average molecular weight is 282 g/mol. The van der Waals surface area contributed by atoms with E-state index in [-0.39, 0.29) is 18.5 Å². The van der Waals surface area contributed by atoms with Gasteiger partial charge in [0.15, 0.2) is 0 Å². The maximum Gasteiger partial charge on any atom is 0.320 e. The number of carboxylic acids is 1. The van der Waals surface area contributed by atoms with Gasteiger partial charge in [-0.1, -0.05) is 6.07 Å². The second-order valence-electron chi connectivity index (χ2n) is 4.79. The van der Waals surface area contributed by atoms with Crippen molar-refractivity contribution in [3.8, 4) is 0 Å². The molecule has 2 rings (SSSR count). The van der Waals surface area contributed by atoms with Gasteiger partial charge in [0.25, 0.3) is 0 Å². The van der Waals surface area contributed by atoms with E-state index in [1.165, 1.54) is 0 Å². The normalized spacial score (nSPS) is 14.2. The van der Waals surface area contributed by atoms with Gasteiger partial charge in [-0.25, -0.2) is 4.79 Å². The number of nitrogens with zero attached hydrogens (tertiary/aromatic N) is 2. The quantitative estimate of drug-likeness (QED) is 0.870. The summed E-state index contributed by atoms with van der Waals surface area (Å²) < 4.78 is 0. The minimum absolute atomic E-state index is 0.00901. The monoisotopic (exact) mass is 282 g/mol. The summed E-state index contributed by atoms with van der Waals surface area (Å²) in [7, 11) is 1.76. The lowest BCUT2D eigenvalue weighted by molar-refractivity contribution is -0.137. The highest BCUT2D eigenvalue weighted by molar-refractivity contribution is 7.09. The molecule has 1 N–H and O–H groups in total. The molecule has 1 heterocycles. The van der Waals surface area contributed by atoms with Crippen LogP contribution in [0, 0.1) is 0 Å². The molecule has 0 aliphatic heterocycles. The maximum absolute atomic E-state index is 12.3. The van der Waals surface area contributed by atoms with Gasteiger partial charge in [0, 0.05) is 24.5 Å². The molecule has 1 saturated carbocycles. The summed E-state index contributed by atoms with van der Waals surface area (Å²) in [5.41, 5.74) is 0. The molecule has 1 aromatic heterocycles. The third kappa shape index (κ3) is 3.96. The summed E-state index contributed by atoms with van der Waals surface area (Å²) in [6.07, 6.45) is 1.98. The lowest BCUT2D eigenvalue weighted by Crippen LogP contribution is -2.43. The van der Waals surface area contributed by atoms with E-state index in [9.17, 15) is 9.59 Å². The van der Waals surface area contributed by atoms with E-state index < -0.39 is 5.97 Å². The number of urea groups is 1. The molecule has 0 unspecified atom stereocenters. The maximum atomic E-state index is 12.3. The van der Waals surface area contributed by atoms with Crippen LogP contribution in [-0.4, -0.2) is 46.5 Å². The first-order valence-corrected chi connectivity index (χ1v) is 7.22. The minimum Gasteiger partial charge on any atom is -0.481 e. The third-order valence-corrected chi connectivity index (χ3v) is 3.96. The van der Waals surface area contributed by atoms with Crippen molar-refractivity contribution in [2.75, 3.05) is 13.6 Å². The van der Waals surface area contributed by atoms with E-state index >= 15 is 0 Å². The van der Waals surface area contributed by atoms with E-state index in [4.69, 9.17) is 5.11 Å². The SMILES string of the molecule is CN(Cc1cccs1)C(=O)N(CCC(=O)O)C1CC1. The van der Waals surface area contributed by atoms with Gasteiger partial charge in [0.1, 0.15) is 0 Å². The van der Waals surface area contributed by atoms with E-state index in [1.807, 2.05) is 17.5 Å². The molecule has 0 aromatic carbocycles. The Labute approximate surface area is 116 Å². The average Bonchev–Trinajstić information content (AvgIpc) is 3.06. The van der Waals surface area contributed by atoms with Gasteiger partial charge in [-0.05, 0) is 24.3 Å². The molecular formula is C13H18N2O3S. The van der Waals surface area contributed by atoms with Crippen molar-refractivity contribution in [2.24, 2.45) is 0 Å². The van der Waals surface area contributed by atoms with Crippen LogP contribution in [0.25, 0.3) is 0 Å². The Kier molecular flexibility index (Phi) is 4.42. The molecule has 104 valence electrons. The Morgan fingerprint density at radius 1 is 1.47 bits per heavy atom. The molecule has 1 aliphatic rings. The van der Waals surface area contributed by atoms with Gasteiger partial charge in [-0.3, -0.25) is 4.79 Å². The van der Waals surface area contributed by atoms with Crippen molar-refractivity contribution in [3.63, 3.8) is 0 Å². The summed E-state index contributed by atoms with van der Waals surface area (Å²) >= 11 is 1.62. The van der Waals surface area contributed by atoms with Crippen LogP contribution >= 0.6 is 11.3 Å². The minimum atomic E-state index is -0.862. The Morgan fingerprint density at radius 2 is 2.21 bits per heavy atom. The largest absolute Gasteiger partial charge is 0.481 e. The molecule has 6 heteroatoms. The molecule has 0 spiro atoms. The van der Waals surface area contributed by atoms with Crippen LogP contribution in [0.5, 0.6) is 0 Å². The second kappa shape index (κ2) is 6.06. The number of carbonyl (C=O) groups is 2. The Balaban J connectivity index is 1.92. The molecule has 5 nitrogen and oxygen atoms in total. The van der Waals surface area contributed by atoms with Crippen LogP contribution in [0.2, 0.25) is 0 Å². The summed E-state index contributed by atoms with van der Waals surface area (Å²) in [5.74, 6) is -0.862. The molecule has 2 amide bonds. The number of carboxylic acid groups (broad SMARTS) is 1. The van der Waals surface area contributed by atoms with E-state index in [1.54, 1.807) is 28.2 Å². The molecule has 0 bridgehead atoms. The van der Waals surface area contributed by atoms with E-state index in [0.717, 1.165) is 17.7 Å². The van der Waals surface area contributed by atoms with Crippen LogP contribution < -0.4 is 0 Å². The highest BCUT2D eigenvalue weighted by Crippen LogP contribution is 2.28. The lowest BCUT2D eigenvalue weighted by atomic mass is 10.3. The van der Waals surface area contributed by atoms with Crippen molar-refractivity contribution in [1.29, 1.82) is 0 Å². The summed E-state index contributed by atoms with van der Waals surface area (Å²) in [6.45, 7) is 0.875. The molecule has 1 fully saturated rings.